The van der Waals surface area contributed by atoms with Gasteiger partial charge < -0.3 is 4.55 Å². The maximum atomic E-state index is 10.4. The zero-order valence-electron chi connectivity index (χ0n) is 9.22. The van der Waals surface area contributed by atoms with Crippen LogP contribution in [0.15, 0.2) is 29.2 Å². The normalized spacial score (nSPS) is 12.6. The van der Waals surface area contributed by atoms with Gasteiger partial charge in [0.05, 0.1) is 0 Å². The highest BCUT2D eigenvalue weighted by molar-refractivity contribution is 8.76. The molecule has 0 aromatic heterocycles. The number of rotatable bonds is 7. The first-order valence-electron chi connectivity index (χ1n) is 5.12. The second kappa shape index (κ2) is 8.17. The number of unbranched alkanes of at least 4 members (excludes halogenated alkanes) is 1. The van der Waals surface area contributed by atoms with Crippen molar-refractivity contribution in [3.05, 3.63) is 29.8 Å². The molecule has 1 atom stereocenters. The molecule has 1 aromatic rings. The van der Waals surface area contributed by atoms with Gasteiger partial charge in [0.25, 0.3) is 0 Å². The van der Waals surface area contributed by atoms with E-state index in [9.17, 15) is 4.21 Å². The Morgan fingerprint density at radius 1 is 1.25 bits per heavy atom. The van der Waals surface area contributed by atoms with Gasteiger partial charge >= 0.3 is 0 Å². The molecule has 1 rings (SSSR count). The Kier molecular flexibility index (Phi) is 7.20. The standard InChI is InChI=1S/C11H16O2S3/c1-10-4-6-11(7-5-10)15-14-8-2-3-9-16(12)13/h4-7H,2-3,8-9H2,1H3,(H,12,13). The Morgan fingerprint density at radius 3 is 2.56 bits per heavy atom. The van der Waals surface area contributed by atoms with Crippen LogP contribution in [0.4, 0.5) is 0 Å². The van der Waals surface area contributed by atoms with Crippen molar-refractivity contribution >= 4 is 32.7 Å². The first kappa shape index (κ1) is 14.1. The quantitative estimate of drug-likeness (QED) is 0.468. The molecule has 0 aliphatic rings. The Hall–Kier alpha value is 0.0300. The van der Waals surface area contributed by atoms with E-state index in [1.807, 2.05) is 0 Å². The Balaban J connectivity index is 2.07. The molecule has 0 saturated carbocycles. The summed E-state index contributed by atoms with van der Waals surface area (Å²) in [6.45, 7) is 2.08. The summed E-state index contributed by atoms with van der Waals surface area (Å²) in [6.07, 6.45) is 1.82. The van der Waals surface area contributed by atoms with Gasteiger partial charge in [-0.2, -0.15) is 0 Å². The summed E-state index contributed by atoms with van der Waals surface area (Å²) in [6, 6.07) is 8.46. The number of hydrogen-bond donors (Lipinski definition) is 1. The van der Waals surface area contributed by atoms with Gasteiger partial charge in [-0.3, -0.25) is 0 Å². The van der Waals surface area contributed by atoms with Crippen molar-refractivity contribution in [3.63, 3.8) is 0 Å². The molecule has 0 spiro atoms. The minimum atomic E-state index is -1.63. The van der Waals surface area contributed by atoms with E-state index in [2.05, 4.69) is 31.2 Å². The van der Waals surface area contributed by atoms with E-state index in [-0.39, 0.29) is 0 Å². The average Bonchev–Trinajstić information content (AvgIpc) is 2.25. The van der Waals surface area contributed by atoms with E-state index in [0.29, 0.717) is 5.75 Å². The summed E-state index contributed by atoms with van der Waals surface area (Å²) in [5.74, 6) is 1.42. The molecule has 0 bridgehead atoms. The van der Waals surface area contributed by atoms with Crippen molar-refractivity contribution in [2.45, 2.75) is 24.7 Å². The van der Waals surface area contributed by atoms with Gasteiger partial charge in [0, 0.05) is 16.4 Å². The van der Waals surface area contributed by atoms with Gasteiger partial charge in [-0.25, -0.2) is 4.21 Å². The molecule has 90 valence electrons. The zero-order valence-corrected chi connectivity index (χ0v) is 11.7. The second-order valence-electron chi connectivity index (χ2n) is 3.45. The maximum Gasteiger partial charge on any atom is 0.152 e. The van der Waals surface area contributed by atoms with Gasteiger partial charge in [-0.05, 0) is 31.9 Å². The summed E-state index contributed by atoms with van der Waals surface area (Å²) in [5.41, 5.74) is 1.28. The van der Waals surface area contributed by atoms with Crippen LogP contribution in [0.25, 0.3) is 0 Å². The SMILES string of the molecule is Cc1ccc(SSCCCCS(=O)O)cc1. The fourth-order valence-corrected chi connectivity index (χ4v) is 3.67. The van der Waals surface area contributed by atoms with E-state index in [4.69, 9.17) is 4.55 Å². The van der Waals surface area contributed by atoms with Crippen LogP contribution in [0.1, 0.15) is 18.4 Å². The zero-order chi connectivity index (χ0) is 11.8. The molecule has 0 fully saturated rings. The number of aryl methyl sites for hydroxylation is 1. The van der Waals surface area contributed by atoms with E-state index in [1.54, 1.807) is 21.6 Å². The fourth-order valence-electron chi connectivity index (χ4n) is 1.09. The third-order valence-corrected chi connectivity index (χ3v) is 5.08. The van der Waals surface area contributed by atoms with Crippen molar-refractivity contribution in [2.75, 3.05) is 11.5 Å². The van der Waals surface area contributed by atoms with Crippen molar-refractivity contribution < 1.29 is 8.76 Å². The number of hydrogen-bond acceptors (Lipinski definition) is 3. The third-order valence-electron chi connectivity index (χ3n) is 1.97. The number of benzene rings is 1. The highest BCUT2D eigenvalue weighted by Crippen LogP contribution is 2.31. The Bertz CT molecular complexity index is 325. The van der Waals surface area contributed by atoms with Gasteiger partial charge in [0.1, 0.15) is 0 Å². The minimum Gasteiger partial charge on any atom is -0.306 e. The lowest BCUT2D eigenvalue weighted by molar-refractivity contribution is 0.561. The van der Waals surface area contributed by atoms with Crippen molar-refractivity contribution in [1.29, 1.82) is 0 Å². The van der Waals surface area contributed by atoms with Crippen LogP contribution in [0.2, 0.25) is 0 Å². The van der Waals surface area contributed by atoms with Crippen molar-refractivity contribution in [3.8, 4) is 0 Å². The van der Waals surface area contributed by atoms with Gasteiger partial charge in [-0.15, -0.1) is 0 Å². The van der Waals surface area contributed by atoms with Crippen LogP contribution < -0.4 is 0 Å². The first-order chi connectivity index (χ1) is 7.68. The Morgan fingerprint density at radius 2 is 1.94 bits per heavy atom. The molecular weight excluding hydrogens is 260 g/mol. The summed E-state index contributed by atoms with van der Waals surface area (Å²) in [5, 5.41) is 0. The summed E-state index contributed by atoms with van der Waals surface area (Å²) in [7, 11) is 3.57. The predicted molar refractivity (Wildman–Crippen MR) is 74.4 cm³/mol. The van der Waals surface area contributed by atoms with Gasteiger partial charge in [-0.1, -0.05) is 39.3 Å². The lowest BCUT2D eigenvalue weighted by atomic mass is 10.2. The van der Waals surface area contributed by atoms with Crippen LogP contribution in [0.3, 0.4) is 0 Å². The molecule has 1 aromatic carbocycles. The van der Waals surface area contributed by atoms with Crippen LogP contribution in [0, 0.1) is 6.92 Å². The third kappa shape index (κ3) is 6.58. The Labute approximate surface area is 107 Å². The van der Waals surface area contributed by atoms with Crippen LogP contribution in [-0.2, 0) is 11.1 Å². The second-order valence-corrected chi connectivity index (χ2v) is 6.99. The largest absolute Gasteiger partial charge is 0.306 e. The van der Waals surface area contributed by atoms with Crippen LogP contribution >= 0.6 is 21.6 Å². The first-order valence-corrected chi connectivity index (χ1v) is 8.71. The van der Waals surface area contributed by atoms with Gasteiger partial charge in [0.15, 0.2) is 11.1 Å². The summed E-state index contributed by atoms with van der Waals surface area (Å²) >= 11 is -1.63. The molecule has 5 heteroatoms. The fraction of sp³-hybridized carbons (Fsp3) is 0.455. The van der Waals surface area contributed by atoms with E-state index in [1.165, 1.54) is 10.5 Å². The molecule has 0 aliphatic heterocycles. The lowest BCUT2D eigenvalue weighted by Gasteiger charge is -2.01. The molecule has 1 unspecified atom stereocenters. The molecule has 2 nitrogen and oxygen atoms in total. The van der Waals surface area contributed by atoms with E-state index in [0.717, 1.165) is 18.6 Å². The predicted octanol–water partition coefficient (Wildman–Crippen LogP) is 3.74. The average molecular weight is 276 g/mol. The lowest BCUT2D eigenvalue weighted by Crippen LogP contribution is -1.94. The smallest absolute Gasteiger partial charge is 0.152 e. The molecule has 16 heavy (non-hydrogen) atoms. The molecule has 0 heterocycles. The van der Waals surface area contributed by atoms with Crippen molar-refractivity contribution in [2.24, 2.45) is 0 Å². The van der Waals surface area contributed by atoms with E-state index < -0.39 is 11.1 Å². The van der Waals surface area contributed by atoms with Crippen LogP contribution in [0.5, 0.6) is 0 Å². The molecule has 0 radical (unpaired) electrons. The monoisotopic (exact) mass is 276 g/mol. The molecule has 0 amide bonds. The topological polar surface area (TPSA) is 37.3 Å². The summed E-state index contributed by atoms with van der Waals surface area (Å²) in [4.78, 5) is 1.27. The van der Waals surface area contributed by atoms with Crippen LogP contribution in [-0.4, -0.2) is 20.3 Å². The molecular formula is C11H16O2S3. The molecule has 0 aliphatic carbocycles. The molecule has 0 saturated heterocycles. The summed E-state index contributed by atoms with van der Waals surface area (Å²) < 4.78 is 19.0. The molecule has 1 N–H and O–H groups in total. The van der Waals surface area contributed by atoms with Gasteiger partial charge in [0.2, 0.25) is 0 Å². The van der Waals surface area contributed by atoms with Crippen molar-refractivity contribution in [1.82, 2.24) is 0 Å². The van der Waals surface area contributed by atoms with E-state index >= 15 is 0 Å². The minimum absolute atomic E-state index is 0.399. The maximum absolute atomic E-state index is 10.4. The highest BCUT2D eigenvalue weighted by atomic mass is 33.1. The highest BCUT2D eigenvalue weighted by Gasteiger charge is 1.96.